The van der Waals surface area contributed by atoms with Crippen molar-refractivity contribution in [3.8, 4) is 0 Å². The van der Waals surface area contributed by atoms with Gasteiger partial charge in [-0.1, -0.05) is 0 Å². The summed E-state index contributed by atoms with van der Waals surface area (Å²) in [6.07, 6.45) is -3.46. The first-order valence-electron chi connectivity index (χ1n) is 5.82. The van der Waals surface area contributed by atoms with Crippen LogP contribution in [0.5, 0.6) is 0 Å². The monoisotopic (exact) mass is 250 g/mol. The first kappa shape index (κ1) is 16.3. The average Bonchev–Trinajstić information content (AvgIpc) is 2.29. The molecule has 0 aromatic heterocycles. The Morgan fingerprint density at radius 1 is 1.06 bits per heavy atom. The maximum absolute atomic E-state index is 11.2. The van der Waals surface area contributed by atoms with Gasteiger partial charge in [-0.2, -0.15) is 0 Å². The summed E-state index contributed by atoms with van der Waals surface area (Å²) in [6, 6.07) is 0. The van der Waals surface area contributed by atoms with Crippen LogP contribution in [0.2, 0.25) is 0 Å². The van der Waals surface area contributed by atoms with Crippen molar-refractivity contribution in [3.63, 3.8) is 0 Å². The molecule has 17 heavy (non-hydrogen) atoms. The Kier molecular flexibility index (Phi) is 8.97. The van der Waals surface area contributed by atoms with Crippen LogP contribution in [0, 0.1) is 0 Å². The molecule has 102 valence electrons. The van der Waals surface area contributed by atoms with Gasteiger partial charge in [0.25, 0.3) is 0 Å². The molecular weight excluding hydrogens is 228 g/mol. The molecule has 6 heteroatoms. The van der Waals surface area contributed by atoms with Crippen LogP contribution in [0.3, 0.4) is 0 Å². The normalized spacial score (nSPS) is 14.7. The van der Waals surface area contributed by atoms with E-state index < -0.39 is 24.5 Å². The molecule has 0 amide bonds. The second kappa shape index (κ2) is 9.35. The van der Waals surface area contributed by atoms with Crippen molar-refractivity contribution in [2.45, 2.75) is 45.7 Å². The predicted octanol–water partition coefficient (Wildman–Crippen LogP) is 0.0605. The van der Waals surface area contributed by atoms with E-state index in [2.05, 4.69) is 4.74 Å². The van der Waals surface area contributed by atoms with E-state index in [1.54, 1.807) is 20.8 Å². The third kappa shape index (κ3) is 6.58. The smallest absolute Gasteiger partial charge is 0.337 e. The van der Waals surface area contributed by atoms with Crippen molar-refractivity contribution in [3.05, 3.63) is 0 Å². The number of hydrogen-bond donors (Lipinski definition) is 2. The molecule has 2 unspecified atom stereocenters. The number of hydrogen-bond acceptors (Lipinski definition) is 6. The first-order chi connectivity index (χ1) is 8.06. The number of esters is 1. The van der Waals surface area contributed by atoms with Crippen LogP contribution in [-0.4, -0.2) is 54.5 Å². The van der Waals surface area contributed by atoms with E-state index in [4.69, 9.17) is 9.47 Å². The van der Waals surface area contributed by atoms with Gasteiger partial charge in [0.15, 0.2) is 12.4 Å². The van der Waals surface area contributed by atoms with Gasteiger partial charge in [-0.25, -0.2) is 4.79 Å². The maximum Gasteiger partial charge on any atom is 0.337 e. The minimum absolute atomic E-state index is 0.0155. The molecule has 0 radical (unpaired) electrons. The van der Waals surface area contributed by atoms with E-state index in [0.29, 0.717) is 13.2 Å². The zero-order valence-electron chi connectivity index (χ0n) is 10.6. The molecule has 0 bridgehead atoms. The number of rotatable bonds is 9. The standard InChI is InChI=1S/C11H22O6/c1-4-15-9(16-5-2)7-8(12)10(13)11(14)17-6-3/h8-10,12-13H,4-7H2,1-3H3. The Labute approximate surface area is 101 Å². The molecule has 0 aromatic carbocycles. The SMILES string of the molecule is CCOC(=O)C(O)C(O)CC(OCC)OCC. The summed E-state index contributed by atoms with van der Waals surface area (Å²) in [7, 11) is 0. The van der Waals surface area contributed by atoms with Gasteiger partial charge in [0.1, 0.15) is 0 Å². The van der Waals surface area contributed by atoms with Gasteiger partial charge in [0.2, 0.25) is 0 Å². The predicted molar refractivity (Wildman–Crippen MR) is 60.3 cm³/mol. The number of carbonyl (C=O) groups is 1. The number of ether oxygens (including phenoxy) is 3. The fourth-order valence-electron chi connectivity index (χ4n) is 1.27. The van der Waals surface area contributed by atoms with E-state index in [9.17, 15) is 15.0 Å². The zero-order chi connectivity index (χ0) is 13.3. The molecule has 0 rings (SSSR count). The Morgan fingerprint density at radius 3 is 2.00 bits per heavy atom. The summed E-state index contributed by atoms with van der Waals surface area (Å²) in [6.45, 7) is 6.21. The summed E-state index contributed by atoms with van der Waals surface area (Å²) in [5.74, 6) is -0.841. The molecule has 0 spiro atoms. The topological polar surface area (TPSA) is 85.2 Å². The molecule has 0 saturated carbocycles. The maximum atomic E-state index is 11.2. The van der Waals surface area contributed by atoms with Crippen molar-refractivity contribution in [1.82, 2.24) is 0 Å². The van der Waals surface area contributed by atoms with Crippen molar-refractivity contribution in [2.75, 3.05) is 19.8 Å². The highest BCUT2D eigenvalue weighted by molar-refractivity contribution is 5.75. The van der Waals surface area contributed by atoms with Crippen LogP contribution in [0.4, 0.5) is 0 Å². The van der Waals surface area contributed by atoms with Crippen LogP contribution in [0.15, 0.2) is 0 Å². The lowest BCUT2D eigenvalue weighted by Crippen LogP contribution is -2.38. The van der Waals surface area contributed by atoms with Gasteiger partial charge in [0.05, 0.1) is 12.7 Å². The third-order valence-electron chi connectivity index (χ3n) is 2.03. The van der Waals surface area contributed by atoms with Gasteiger partial charge >= 0.3 is 5.97 Å². The molecule has 0 aliphatic rings. The molecule has 0 aliphatic carbocycles. The van der Waals surface area contributed by atoms with Crippen LogP contribution >= 0.6 is 0 Å². The molecule has 0 aliphatic heterocycles. The van der Waals surface area contributed by atoms with E-state index in [1.165, 1.54) is 0 Å². The highest BCUT2D eigenvalue weighted by Gasteiger charge is 2.28. The summed E-state index contributed by atoms with van der Waals surface area (Å²) < 4.78 is 15.0. The highest BCUT2D eigenvalue weighted by atomic mass is 16.7. The molecule has 0 fully saturated rings. The van der Waals surface area contributed by atoms with Gasteiger partial charge < -0.3 is 24.4 Å². The highest BCUT2D eigenvalue weighted by Crippen LogP contribution is 2.09. The Bertz CT molecular complexity index is 202. The average molecular weight is 250 g/mol. The summed E-state index contributed by atoms with van der Waals surface area (Å²) in [5.41, 5.74) is 0. The van der Waals surface area contributed by atoms with Crippen molar-refractivity contribution < 1.29 is 29.2 Å². The van der Waals surface area contributed by atoms with E-state index in [0.717, 1.165) is 0 Å². The number of aliphatic hydroxyl groups excluding tert-OH is 2. The van der Waals surface area contributed by atoms with E-state index >= 15 is 0 Å². The lowest BCUT2D eigenvalue weighted by molar-refractivity contribution is -0.175. The van der Waals surface area contributed by atoms with Crippen LogP contribution in [0.25, 0.3) is 0 Å². The van der Waals surface area contributed by atoms with Crippen molar-refractivity contribution in [2.24, 2.45) is 0 Å². The third-order valence-corrected chi connectivity index (χ3v) is 2.03. The fourth-order valence-corrected chi connectivity index (χ4v) is 1.27. The van der Waals surface area contributed by atoms with Crippen LogP contribution < -0.4 is 0 Å². The fraction of sp³-hybridized carbons (Fsp3) is 0.909. The van der Waals surface area contributed by atoms with Gasteiger partial charge in [0, 0.05) is 19.6 Å². The largest absolute Gasteiger partial charge is 0.464 e. The summed E-state index contributed by atoms with van der Waals surface area (Å²) in [4.78, 5) is 11.2. The molecule has 2 atom stereocenters. The Hall–Kier alpha value is -0.690. The van der Waals surface area contributed by atoms with Crippen LogP contribution in [-0.2, 0) is 19.0 Å². The van der Waals surface area contributed by atoms with Crippen molar-refractivity contribution >= 4 is 5.97 Å². The minimum atomic E-state index is -1.57. The Balaban J connectivity index is 4.18. The molecular formula is C11H22O6. The second-order valence-corrected chi connectivity index (χ2v) is 3.34. The summed E-state index contributed by atoms with van der Waals surface area (Å²) in [5, 5.41) is 19.1. The number of carbonyl (C=O) groups excluding carboxylic acids is 1. The molecule has 6 nitrogen and oxygen atoms in total. The molecule has 0 heterocycles. The van der Waals surface area contributed by atoms with Crippen LogP contribution in [0.1, 0.15) is 27.2 Å². The second-order valence-electron chi connectivity index (χ2n) is 3.34. The summed E-state index contributed by atoms with van der Waals surface area (Å²) >= 11 is 0. The van der Waals surface area contributed by atoms with Crippen molar-refractivity contribution in [1.29, 1.82) is 0 Å². The minimum Gasteiger partial charge on any atom is -0.464 e. The molecule has 0 saturated heterocycles. The van der Waals surface area contributed by atoms with Gasteiger partial charge in [-0.3, -0.25) is 0 Å². The lowest BCUT2D eigenvalue weighted by Gasteiger charge is -2.22. The first-order valence-corrected chi connectivity index (χ1v) is 5.82. The molecule has 0 aromatic rings. The van der Waals surface area contributed by atoms with Gasteiger partial charge in [-0.15, -0.1) is 0 Å². The Morgan fingerprint density at radius 2 is 1.59 bits per heavy atom. The van der Waals surface area contributed by atoms with E-state index in [-0.39, 0.29) is 13.0 Å². The molecule has 2 N–H and O–H groups in total. The lowest BCUT2D eigenvalue weighted by atomic mass is 10.1. The quantitative estimate of drug-likeness (QED) is 0.444. The zero-order valence-corrected chi connectivity index (χ0v) is 10.6. The number of aliphatic hydroxyl groups is 2. The van der Waals surface area contributed by atoms with Gasteiger partial charge in [-0.05, 0) is 20.8 Å². The van der Waals surface area contributed by atoms with E-state index in [1.807, 2.05) is 0 Å².